The zero-order chi connectivity index (χ0) is 10.7. The fourth-order valence-corrected chi connectivity index (χ4v) is 1.28. The van der Waals surface area contributed by atoms with E-state index in [-0.39, 0.29) is 0 Å². The van der Waals surface area contributed by atoms with Crippen molar-refractivity contribution in [1.82, 2.24) is 0 Å². The van der Waals surface area contributed by atoms with Gasteiger partial charge >= 0.3 is 0 Å². The molecule has 76 valence electrons. The van der Waals surface area contributed by atoms with Gasteiger partial charge in [0, 0.05) is 5.69 Å². The van der Waals surface area contributed by atoms with Crippen LogP contribution in [-0.4, -0.2) is 0 Å². The van der Waals surface area contributed by atoms with E-state index in [1.165, 1.54) is 0 Å². The summed E-state index contributed by atoms with van der Waals surface area (Å²) in [4.78, 5) is 0. The highest BCUT2D eigenvalue weighted by Gasteiger charge is 2.01. The normalized spacial score (nSPS) is 9.87. The van der Waals surface area contributed by atoms with Gasteiger partial charge < -0.3 is 16.2 Å². The van der Waals surface area contributed by atoms with E-state index in [0.29, 0.717) is 17.1 Å². The Balaban J connectivity index is 2.25. The number of nitrogen functional groups attached to an aromatic ring is 2. The molecule has 0 radical (unpaired) electrons. The van der Waals surface area contributed by atoms with Crippen molar-refractivity contribution in [2.75, 3.05) is 11.5 Å². The molecule has 0 bridgehead atoms. The summed E-state index contributed by atoms with van der Waals surface area (Å²) in [5, 5.41) is 0. The van der Waals surface area contributed by atoms with E-state index in [0.717, 1.165) is 5.75 Å². The molecular formula is C12H12N2O. The molecule has 0 fully saturated rings. The van der Waals surface area contributed by atoms with E-state index in [1.807, 2.05) is 30.3 Å². The second-order valence-corrected chi connectivity index (χ2v) is 3.21. The van der Waals surface area contributed by atoms with Crippen LogP contribution in [0.25, 0.3) is 0 Å². The highest BCUT2D eigenvalue weighted by Crippen LogP contribution is 2.28. The van der Waals surface area contributed by atoms with Crippen molar-refractivity contribution >= 4 is 11.4 Å². The first-order valence-electron chi connectivity index (χ1n) is 4.63. The van der Waals surface area contributed by atoms with Crippen LogP contribution in [0.4, 0.5) is 11.4 Å². The van der Waals surface area contributed by atoms with E-state index in [4.69, 9.17) is 16.2 Å². The summed E-state index contributed by atoms with van der Waals surface area (Å²) >= 11 is 0. The Bertz CT molecular complexity index is 454. The molecule has 0 saturated carbocycles. The van der Waals surface area contributed by atoms with Crippen LogP contribution < -0.4 is 16.2 Å². The molecule has 15 heavy (non-hydrogen) atoms. The molecule has 0 atom stereocenters. The maximum atomic E-state index is 5.76. The standard InChI is InChI=1S/C12H12N2O/c13-9-6-7-12(11(14)8-9)15-10-4-2-1-3-5-10/h1-8H,13-14H2. The van der Waals surface area contributed by atoms with Crippen LogP contribution in [0.3, 0.4) is 0 Å². The molecule has 2 rings (SSSR count). The Morgan fingerprint density at radius 2 is 1.60 bits per heavy atom. The molecule has 0 heterocycles. The van der Waals surface area contributed by atoms with E-state index >= 15 is 0 Å². The fourth-order valence-electron chi connectivity index (χ4n) is 1.28. The Morgan fingerprint density at radius 3 is 2.27 bits per heavy atom. The van der Waals surface area contributed by atoms with E-state index < -0.39 is 0 Å². The smallest absolute Gasteiger partial charge is 0.150 e. The predicted octanol–water partition coefficient (Wildman–Crippen LogP) is 2.64. The molecule has 3 heteroatoms. The first-order chi connectivity index (χ1) is 7.25. The molecule has 0 spiro atoms. The number of hydrogen-bond acceptors (Lipinski definition) is 3. The first-order valence-corrected chi connectivity index (χ1v) is 4.63. The van der Waals surface area contributed by atoms with Crippen LogP contribution >= 0.6 is 0 Å². The van der Waals surface area contributed by atoms with Gasteiger partial charge in [0.15, 0.2) is 0 Å². The predicted molar refractivity (Wildman–Crippen MR) is 61.8 cm³/mol. The Kier molecular flexibility index (Phi) is 2.46. The topological polar surface area (TPSA) is 61.3 Å². The van der Waals surface area contributed by atoms with Crippen molar-refractivity contribution in [3.63, 3.8) is 0 Å². The van der Waals surface area contributed by atoms with Crippen LogP contribution in [0.1, 0.15) is 0 Å². The lowest BCUT2D eigenvalue weighted by molar-refractivity contribution is 0.485. The molecule has 0 saturated heterocycles. The zero-order valence-electron chi connectivity index (χ0n) is 8.18. The van der Waals surface area contributed by atoms with Gasteiger partial charge in [-0.25, -0.2) is 0 Å². The third-order valence-corrected chi connectivity index (χ3v) is 2.00. The molecule has 0 aliphatic rings. The van der Waals surface area contributed by atoms with E-state index in [2.05, 4.69) is 0 Å². The van der Waals surface area contributed by atoms with Gasteiger partial charge in [0.25, 0.3) is 0 Å². The van der Waals surface area contributed by atoms with E-state index in [1.54, 1.807) is 18.2 Å². The summed E-state index contributed by atoms with van der Waals surface area (Å²) < 4.78 is 5.58. The van der Waals surface area contributed by atoms with Crippen LogP contribution in [0.2, 0.25) is 0 Å². The first kappa shape index (κ1) is 9.40. The van der Waals surface area contributed by atoms with Gasteiger partial charge in [-0.2, -0.15) is 0 Å². The van der Waals surface area contributed by atoms with Gasteiger partial charge in [0.1, 0.15) is 11.5 Å². The van der Waals surface area contributed by atoms with Gasteiger partial charge in [-0.1, -0.05) is 18.2 Å². The number of nitrogens with two attached hydrogens (primary N) is 2. The zero-order valence-corrected chi connectivity index (χ0v) is 8.18. The molecule has 0 amide bonds. The van der Waals surface area contributed by atoms with Crippen molar-refractivity contribution in [3.8, 4) is 11.5 Å². The second-order valence-electron chi connectivity index (χ2n) is 3.21. The SMILES string of the molecule is Nc1ccc(Oc2ccccc2)c(N)c1. The summed E-state index contributed by atoms with van der Waals surface area (Å²) in [5.74, 6) is 1.38. The Labute approximate surface area is 88.3 Å². The third-order valence-electron chi connectivity index (χ3n) is 2.00. The molecule has 4 N–H and O–H groups in total. The number of hydrogen-bond donors (Lipinski definition) is 2. The van der Waals surface area contributed by atoms with Crippen LogP contribution in [-0.2, 0) is 0 Å². The van der Waals surface area contributed by atoms with Crippen molar-refractivity contribution in [3.05, 3.63) is 48.5 Å². The lowest BCUT2D eigenvalue weighted by Crippen LogP contribution is -1.94. The summed E-state index contributed by atoms with van der Waals surface area (Å²) in [5.41, 5.74) is 12.5. The minimum absolute atomic E-state index is 0.541. The van der Waals surface area contributed by atoms with Crippen molar-refractivity contribution < 1.29 is 4.74 Å². The second kappa shape index (κ2) is 3.92. The van der Waals surface area contributed by atoms with Crippen LogP contribution in [0.5, 0.6) is 11.5 Å². The number of para-hydroxylation sites is 1. The highest BCUT2D eigenvalue weighted by atomic mass is 16.5. The molecule has 0 aliphatic heterocycles. The third kappa shape index (κ3) is 2.20. The summed E-state index contributed by atoms with van der Waals surface area (Å²) in [6, 6.07) is 14.7. The average Bonchev–Trinajstić information content (AvgIpc) is 2.24. The molecule has 2 aromatic rings. The lowest BCUT2D eigenvalue weighted by atomic mass is 10.2. The Hall–Kier alpha value is -2.16. The van der Waals surface area contributed by atoms with Crippen molar-refractivity contribution in [2.45, 2.75) is 0 Å². The molecule has 0 unspecified atom stereocenters. The quantitative estimate of drug-likeness (QED) is 0.732. The molecule has 0 aromatic heterocycles. The van der Waals surface area contributed by atoms with Crippen molar-refractivity contribution in [2.24, 2.45) is 0 Å². The minimum Gasteiger partial charge on any atom is -0.455 e. The number of ether oxygens (including phenoxy) is 1. The van der Waals surface area contributed by atoms with Crippen LogP contribution in [0, 0.1) is 0 Å². The molecular weight excluding hydrogens is 188 g/mol. The fraction of sp³-hybridized carbons (Fsp3) is 0. The van der Waals surface area contributed by atoms with Crippen molar-refractivity contribution in [1.29, 1.82) is 0 Å². The van der Waals surface area contributed by atoms with Crippen LogP contribution in [0.15, 0.2) is 48.5 Å². The minimum atomic E-state index is 0.541. The highest BCUT2D eigenvalue weighted by molar-refractivity contribution is 5.61. The molecule has 0 aliphatic carbocycles. The molecule has 2 aromatic carbocycles. The lowest BCUT2D eigenvalue weighted by Gasteiger charge is -2.08. The van der Waals surface area contributed by atoms with Gasteiger partial charge in [-0.05, 0) is 30.3 Å². The van der Waals surface area contributed by atoms with Gasteiger partial charge in [0.05, 0.1) is 5.69 Å². The Morgan fingerprint density at radius 1 is 0.867 bits per heavy atom. The number of anilines is 2. The number of benzene rings is 2. The monoisotopic (exact) mass is 200 g/mol. The van der Waals surface area contributed by atoms with Gasteiger partial charge in [-0.3, -0.25) is 0 Å². The summed E-state index contributed by atoms with van der Waals surface area (Å²) in [7, 11) is 0. The van der Waals surface area contributed by atoms with E-state index in [9.17, 15) is 0 Å². The van der Waals surface area contributed by atoms with Gasteiger partial charge in [-0.15, -0.1) is 0 Å². The maximum Gasteiger partial charge on any atom is 0.150 e. The molecule has 3 nitrogen and oxygen atoms in total. The average molecular weight is 200 g/mol. The summed E-state index contributed by atoms with van der Waals surface area (Å²) in [6.45, 7) is 0. The van der Waals surface area contributed by atoms with Gasteiger partial charge in [0.2, 0.25) is 0 Å². The number of rotatable bonds is 2. The maximum absolute atomic E-state index is 5.76. The largest absolute Gasteiger partial charge is 0.455 e. The summed E-state index contributed by atoms with van der Waals surface area (Å²) in [6.07, 6.45) is 0.